The fourth-order valence-electron chi connectivity index (χ4n) is 3.06. The van der Waals surface area contributed by atoms with Crippen LogP contribution in [0.1, 0.15) is 18.7 Å². The fraction of sp³-hybridized carbons (Fsp3) is 0.222. The van der Waals surface area contributed by atoms with Gasteiger partial charge < -0.3 is 15.8 Å². The van der Waals surface area contributed by atoms with Crippen molar-refractivity contribution in [2.45, 2.75) is 12.8 Å². The number of hydrogen-bond donors (Lipinski definition) is 2. The summed E-state index contributed by atoms with van der Waals surface area (Å²) in [5.74, 6) is 2.70. The van der Waals surface area contributed by atoms with Gasteiger partial charge in [-0.1, -0.05) is 19.1 Å². The van der Waals surface area contributed by atoms with E-state index in [0.29, 0.717) is 5.69 Å². The molecule has 3 N–H and O–H groups in total. The third-order valence-corrected chi connectivity index (χ3v) is 4.37. The smallest absolute Gasteiger partial charge is 0.170 e. The Hall–Kier alpha value is -3.02. The van der Waals surface area contributed by atoms with Gasteiger partial charge in [0, 0.05) is 29.8 Å². The van der Waals surface area contributed by atoms with Crippen LogP contribution in [0.3, 0.4) is 0 Å². The number of nitrogen functional groups attached to an aromatic ring is 1. The van der Waals surface area contributed by atoms with Gasteiger partial charge in [-0.15, -0.1) is 10.2 Å². The van der Waals surface area contributed by atoms with E-state index in [0.717, 1.165) is 40.9 Å². The summed E-state index contributed by atoms with van der Waals surface area (Å²) in [6.07, 6.45) is 0. The topological polar surface area (TPSA) is 78.0 Å². The number of fused-ring (bicyclic) bond motifs is 3. The molecule has 1 aliphatic heterocycles. The lowest BCUT2D eigenvalue weighted by atomic mass is 10.1. The average Bonchev–Trinajstić information content (AvgIpc) is 2.98. The highest BCUT2D eigenvalue weighted by molar-refractivity contribution is 5.75. The van der Waals surface area contributed by atoms with Crippen LogP contribution >= 0.6 is 0 Å². The van der Waals surface area contributed by atoms with Crippen molar-refractivity contribution < 1.29 is 4.74 Å². The second-order valence-electron chi connectivity index (χ2n) is 5.97. The molecule has 1 aromatic heterocycles. The molecular formula is C18H19N5O. The molecule has 6 heteroatoms. The van der Waals surface area contributed by atoms with Gasteiger partial charge in [0.2, 0.25) is 0 Å². The number of aromatic nitrogens is 3. The van der Waals surface area contributed by atoms with Gasteiger partial charge in [-0.25, -0.2) is 0 Å². The maximum Gasteiger partial charge on any atom is 0.170 e. The van der Waals surface area contributed by atoms with Crippen molar-refractivity contribution in [2.24, 2.45) is 0 Å². The van der Waals surface area contributed by atoms with Crippen molar-refractivity contribution in [1.82, 2.24) is 14.8 Å². The Kier molecular flexibility index (Phi) is 3.37. The molecular weight excluding hydrogens is 302 g/mol. The normalized spacial score (nSPS) is 15.8. The summed E-state index contributed by atoms with van der Waals surface area (Å²) in [5, 5.41) is 12.4. The number of ether oxygens (including phenoxy) is 1. The molecule has 6 nitrogen and oxygen atoms in total. The second-order valence-corrected chi connectivity index (χ2v) is 5.97. The lowest BCUT2D eigenvalue weighted by molar-refractivity contribution is 0.415. The summed E-state index contributed by atoms with van der Waals surface area (Å²) in [5.41, 5.74) is 9.73. The Balaban J connectivity index is 1.98. The standard InChI is InChI=1S/C18H19N5O/c1-11-10-20-15-9-12(24-2)7-8-16(15)23-17(11)21-22-18(23)13-5-3-4-6-14(13)19/h3-9,11,20H,10,19H2,1-2H3/t11-/m1/s1. The number of nitrogens with one attached hydrogen (secondary N) is 1. The molecule has 2 heterocycles. The molecule has 0 radical (unpaired) electrons. The quantitative estimate of drug-likeness (QED) is 0.709. The van der Waals surface area contributed by atoms with E-state index in [9.17, 15) is 0 Å². The molecule has 1 aliphatic rings. The average molecular weight is 321 g/mol. The molecule has 0 aliphatic carbocycles. The zero-order valence-electron chi connectivity index (χ0n) is 13.7. The SMILES string of the molecule is COc1ccc2c(c1)NC[C@@H](C)c1nnc(-c3ccccc3N)n1-2. The van der Waals surface area contributed by atoms with Crippen molar-refractivity contribution >= 4 is 11.4 Å². The van der Waals surface area contributed by atoms with Gasteiger partial charge in [-0.2, -0.15) is 0 Å². The third kappa shape index (κ3) is 2.19. The second kappa shape index (κ2) is 5.56. The van der Waals surface area contributed by atoms with E-state index in [1.807, 2.05) is 42.5 Å². The van der Waals surface area contributed by atoms with Gasteiger partial charge in [0.05, 0.1) is 18.5 Å². The Morgan fingerprint density at radius 2 is 2.04 bits per heavy atom. The Labute approximate surface area is 140 Å². The molecule has 1 atom stereocenters. The minimum atomic E-state index is 0.217. The summed E-state index contributed by atoms with van der Waals surface area (Å²) in [6.45, 7) is 2.91. The maximum atomic E-state index is 6.17. The van der Waals surface area contributed by atoms with Crippen molar-refractivity contribution in [1.29, 1.82) is 0 Å². The van der Waals surface area contributed by atoms with Gasteiger partial charge >= 0.3 is 0 Å². The molecule has 0 bridgehead atoms. The monoisotopic (exact) mass is 321 g/mol. The highest BCUT2D eigenvalue weighted by atomic mass is 16.5. The maximum absolute atomic E-state index is 6.17. The van der Waals surface area contributed by atoms with Crippen LogP contribution in [0.4, 0.5) is 11.4 Å². The molecule has 0 fully saturated rings. The summed E-state index contributed by atoms with van der Waals surface area (Å²) >= 11 is 0. The van der Waals surface area contributed by atoms with Crippen molar-refractivity contribution in [2.75, 3.05) is 24.7 Å². The van der Waals surface area contributed by atoms with Gasteiger partial charge in [0.1, 0.15) is 11.6 Å². The number of hydrogen-bond acceptors (Lipinski definition) is 5. The Morgan fingerprint density at radius 3 is 2.83 bits per heavy atom. The zero-order valence-corrected chi connectivity index (χ0v) is 13.7. The number of anilines is 2. The molecule has 0 amide bonds. The zero-order chi connectivity index (χ0) is 16.7. The Morgan fingerprint density at radius 1 is 1.21 bits per heavy atom. The van der Waals surface area contributed by atoms with Crippen LogP contribution in [0.15, 0.2) is 42.5 Å². The van der Waals surface area contributed by atoms with Crippen LogP contribution in [-0.4, -0.2) is 28.4 Å². The van der Waals surface area contributed by atoms with Crippen LogP contribution in [0.2, 0.25) is 0 Å². The molecule has 2 aromatic carbocycles. The number of nitrogens with zero attached hydrogens (tertiary/aromatic N) is 3. The fourth-order valence-corrected chi connectivity index (χ4v) is 3.06. The first-order chi connectivity index (χ1) is 11.7. The molecule has 24 heavy (non-hydrogen) atoms. The Bertz CT molecular complexity index is 902. The van der Waals surface area contributed by atoms with Crippen molar-refractivity contribution in [3.8, 4) is 22.8 Å². The van der Waals surface area contributed by atoms with E-state index in [1.54, 1.807) is 7.11 Å². The predicted molar refractivity (Wildman–Crippen MR) is 94.7 cm³/mol. The number of benzene rings is 2. The van der Waals surface area contributed by atoms with E-state index >= 15 is 0 Å². The third-order valence-electron chi connectivity index (χ3n) is 4.37. The summed E-state index contributed by atoms with van der Waals surface area (Å²) in [7, 11) is 1.67. The number of methoxy groups -OCH3 is 1. The summed E-state index contributed by atoms with van der Waals surface area (Å²) < 4.78 is 7.44. The molecule has 0 spiro atoms. The van der Waals surface area contributed by atoms with Gasteiger partial charge in [-0.3, -0.25) is 4.57 Å². The van der Waals surface area contributed by atoms with Crippen molar-refractivity contribution in [3.05, 3.63) is 48.3 Å². The van der Waals surface area contributed by atoms with E-state index in [1.165, 1.54) is 0 Å². The van der Waals surface area contributed by atoms with Gasteiger partial charge in [0.25, 0.3) is 0 Å². The summed E-state index contributed by atoms with van der Waals surface area (Å²) in [4.78, 5) is 0. The molecule has 4 rings (SSSR count). The minimum Gasteiger partial charge on any atom is -0.497 e. The number of rotatable bonds is 2. The van der Waals surface area contributed by atoms with Gasteiger partial charge in [-0.05, 0) is 24.3 Å². The van der Waals surface area contributed by atoms with E-state index in [4.69, 9.17) is 10.5 Å². The van der Waals surface area contributed by atoms with Crippen LogP contribution < -0.4 is 15.8 Å². The largest absolute Gasteiger partial charge is 0.497 e. The minimum absolute atomic E-state index is 0.217. The molecule has 3 aromatic rings. The molecule has 122 valence electrons. The molecule has 0 saturated heterocycles. The first-order valence-corrected chi connectivity index (χ1v) is 7.91. The van der Waals surface area contributed by atoms with Crippen LogP contribution in [-0.2, 0) is 0 Å². The first-order valence-electron chi connectivity index (χ1n) is 7.91. The van der Waals surface area contributed by atoms with E-state index in [2.05, 4.69) is 27.0 Å². The predicted octanol–water partition coefficient (Wildman–Crippen LogP) is 3.05. The lowest BCUT2D eigenvalue weighted by Crippen LogP contribution is -2.09. The van der Waals surface area contributed by atoms with Crippen LogP contribution in [0.25, 0.3) is 17.1 Å². The first kappa shape index (κ1) is 14.6. The van der Waals surface area contributed by atoms with Gasteiger partial charge in [0.15, 0.2) is 5.82 Å². The summed E-state index contributed by atoms with van der Waals surface area (Å²) in [6, 6.07) is 13.7. The highest BCUT2D eigenvalue weighted by Gasteiger charge is 2.25. The van der Waals surface area contributed by atoms with E-state index in [-0.39, 0.29) is 5.92 Å². The van der Waals surface area contributed by atoms with Crippen LogP contribution in [0, 0.1) is 0 Å². The van der Waals surface area contributed by atoms with E-state index < -0.39 is 0 Å². The van der Waals surface area contributed by atoms with Crippen LogP contribution in [0.5, 0.6) is 5.75 Å². The number of nitrogens with two attached hydrogens (primary N) is 1. The number of para-hydroxylation sites is 1. The van der Waals surface area contributed by atoms with Crippen molar-refractivity contribution in [3.63, 3.8) is 0 Å². The lowest BCUT2D eigenvalue weighted by Gasteiger charge is -2.14. The highest BCUT2D eigenvalue weighted by Crippen LogP contribution is 2.36. The molecule has 0 saturated carbocycles. The molecule has 0 unspecified atom stereocenters.